The third kappa shape index (κ3) is 0.887. The van der Waals surface area contributed by atoms with Gasteiger partial charge in [0.2, 0.25) is 0 Å². The Morgan fingerprint density at radius 2 is 2.33 bits per heavy atom. The number of fused-ring (bicyclic) bond motifs is 1. The van der Waals surface area contributed by atoms with Gasteiger partial charge in [-0.3, -0.25) is 9.78 Å². The number of aromatic nitrogens is 2. The van der Waals surface area contributed by atoms with E-state index in [0.717, 1.165) is 6.20 Å². The van der Waals surface area contributed by atoms with Gasteiger partial charge >= 0.3 is 0 Å². The van der Waals surface area contributed by atoms with E-state index in [1.165, 1.54) is 12.3 Å². The van der Waals surface area contributed by atoms with Crippen LogP contribution in [0.4, 0.5) is 4.39 Å². The van der Waals surface area contributed by atoms with Gasteiger partial charge < -0.3 is 4.98 Å². The fourth-order valence-electron chi connectivity index (χ4n) is 1.05. The standard InChI is InChI=1S/C8H5FN2O/c9-6-4-11-8(12)5-2-1-3-10-7(5)6/h1-4H,(H,11,12). The molecule has 0 aliphatic rings. The summed E-state index contributed by atoms with van der Waals surface area (Å²) in [6.45, 7) is 0. The molecule has 0 aromatic carbocycles. The molecule has 0 unspecified atom stereocenters. The molecule has 1 N–H and O–H groups in total. The predicted octanol–water partition coefficient (Wildman–Crippen LogP) is 1.06. The highest BCUT2D eigenvalue weighted by Crippen LogP contribution is 2.07. The van der Waals surface area contributed by atoms with Crippen LogP contribution in [-0.2, 0) is 0 Å². The second-order valence-corrected chi connectivity index (χ2v) is 2.37. The SMILES string of the molecule is O=c1[nH]cc(F)c2ncccc12. The number of hydrogen-bond acceptors (Lipinski definition) is 2. The maximum Gasteiger partial charge on any atom is 0.257 e. The van der Waals surface area contributed by atoms with Crippen molar-refractivity contribution in [1.82, 2.24) is 9.97 Å². The van der Waals surface area contributed by atoms with Crippen LogP contribution < -0.4 is 5.56 Å². The first kappa shape index (κ1) is 6.97. The average molecular weight is 164 g/mol. The number of halogens is 1. The Kier molecular flexibility index (Phi) is 1.40. The van der Waals surface area contributed by atoms with Crippen LogP contribution in [0, 0.1) is 5.82 Å². The maximum atomic E-state index is 12.9. The van der Waals surface area contributed by atoms with E-state index in [1.807, 2.05) is 0 Å². The molecule has 60 valence electrons. The minimum absolute atomic E-state index is 0.112. The Hall–Kier alpha value is -1.71. The number of pyridine rings is 2. The van der Waals surface area contributed by atoms with Gasteiger partial charge in [0, 0.05) is 12.4 Å². The second kappa shape index (κ2) is 2.41. The smallest absolute Gasteiger partial charge is 0.257 e. The highest BCUT2D eigenvalue weighted by atomic mass is 19.1. The van der Waals surface area contributed by atoms with Gasteiger partial charge in [-0.1, -0.05) is 0 Å². The second-order valence-electron chi connectivity index (χ2n) is 2.37. The quantitative estimate of drug-likeness (QED) is 0.632. The van der Waals surface area contributed by atoms with E-state index in [1.54, 1.807) is 6.07 Å². The largest absolute Gasteiger partial charge is 0.326 e. The summed E-state index contributed by atoms with van der Waals surface area (Å²) in [4.78, 5) is 17.1. The number of rotatable bonds is 0. The van der Waals surface area contributed by atoms with Crippen LogP contribution in [0.1, 0.15) is 0 Å². The van der Waals surface area contributed by atoms with Gasteiger partial charge in [-0.05, 0) is 12.1 Å². The van der Waals surface area contributed by atoms with E-state index in [2.05, 4.69) is 9.97 Å². The molecule has 0 aliphatic heterocycles. The molecule has 4 heteroatoms. The molecule has 12 heavy (non-hydrogen) atoms. The van der Waals surface area contributed by atoms with Gasteiger partial charge in [0.15, 0.2) is 5.82 Å². The van der Waals surface area contributed by atoms with Crippen molar-refractivity contribution in [2.45, 2.75) is 0 Å². The Morgan fingerprint density at radius 3 is 3.08 bits per heavy atom. The van der Waals surface area contributed by atoms with Crippen molar-refractivity contribution in [2.24, 2.45) is 0 Å². The summed E-state index contributed by atoms with van der Waals surface area (Å²) in [7, 11) is 0. The lowest BCUT2D eigenvalue weighted by molar-refractivity contribution is 0.630. The van der Waals surface area contributed by atoms with Crippen molar-refractivity contribution in [1.29, 1.82) is 0 Å². The lowest BCUT2D eigenvalue weighted by atomic mass is 10.3. The Labute approximate surface area is 66.9 Å². The predicted molar refractivity (Wildman–Crippen MR) is 42.3 cm³/mol. The van der Waals surface area contributed by atoms with Crippen molar-refractivity contribution in [3.05, 3.63) is 40.7 Å². The molecule has 0 amide bonds. The van der Waals surface area contributed by atoms with Gasteiger partial charge in [-0.2, -0.15) is 0 Å². The highest BCUT2D eigenvalue weighted by molar-refractivity contribution is 5.77. The summed E-state index contributed by atoms with van der Waals surface area (Å²) < 4.78 is 12.9. The first-order chi connectivity index (χ1) is 5.79. The van der Waals surface area contributed by atoms with Crippen molar-refractivity contribution in [2.75, 3.05) is 0 Å². The maximum absolute atomic E-state index is 12.9. The van der Waals surface area contributed by atoms with Crippen molar-refractivity contribution < 1.29 is 4.39 Å². The average Bonchev–Trinajstić information content (AvgIpc) is 2.12. The van der Waals surface area contributed by atoms with E-state index in [-0.39, 0.29) is 16.5 Å². The number of nitrogens with one attached hydrogen (secondary N) is 1. The first-order valence-electron chi connectivity index (χ1n) is 3.41. The van der Waals surface area contributed by atoms with Gasteiger partial charge in [0.05, 0.1) is 5.39 Å². The molecule has 2 heterocycles. The lowest BCUT2D eigenvalue weighted by Crippen LogP contribution is -2.06. The minimum atomic E-state index is -0.509. The molecule has 0 aliphatic carbocycles. The minimum Gasteiger partial charge on any atom is -0.326 e. The normalized spacial score (nSPS) is 10.4. The van der Waals surface area contributed by atoms with Crippen LogP contribution >= 0.6 is 0 Å². The number of H-pyrrole nitrogens is 1. The lowest BCUT2D eigenvalue weighted by Gasteiger charge is -1.94. The molecule has 0 bridgehead atoms. The number of hydrogen-bond donors (Lipinski definition) is 1. The molecule has 2 aromatic heterocycles. The Morgan fingerprint density at radius 1 is 1.50 bits per heavy atom. The molecule has 0 saturated heterocycles. The summed E-state index contributed by atoms with van der Waals surface area (Å²) >= 11 is 0. The third-order valence-electron chi connectivity index (χ3n) is 1.61. The molecule has 0 radical (unpaired) electrons. The molecular weight excluding hydrogens is 159 g/mol. The van der Waals surface area contributed by atoms with Crippen LogP contribution in [0.5, 0.6) is 0 Å². The van der Waals surface area contributed by atoms with Gasteiger partial charge in [0.1, 0.15) is 5.52 Å². The number of aromatic amines is 1. The molecule has 2 aromatic rings. The molecule has 3 nitrogen and oxygen atoms in total. The van der Waals surface area contributed by atoms with Crippen molar-refractivity contribution in [3.63, 3.8) is 0 Å². The zero-order valence-corrected chi connectivity index (χ0v) is 6.04. The van der Waals surface area contributed by atoms with Crippen LogP contribution in [0.15, 0.2) is 29.3 Å². The summed E-state index contributed by atoms with van der Waals surface area (Å²) in [6, 6.07) is 3.13. The van der Waals surface area contributed by atoms with E-state index in [0.29, 0.717) is 0 Å². The van der Waals surface area contributed by atoms with Crippen molar-refractivity contribution in [3.8, 4) is 0 Å². The highest BCUT2D eigenvalue weighted by Gasteiger charge is 2.02. The molecule has 0 saturated carbocycles. The van der Waals surface area contributed by atoms with Crippen LogP contribution in [-0.4, -0.2) is 9.97 Å². The summed E-state index contributed by atoms with van der Waals surface area (Å²) in [5.41, 5.74) is -0.208. The summed E-state index contributed by atoms with van der Waals surface area (Å²) in [5, 5.41) is 0.275. The zero-order chi connectivity index (χ0) is 8.55. The van der Waals surface area contributed by atoms with Crippen LogP contribution in [0.3, 0.4) is 0 Å². The van der Waals surface area contributed by atoms with E-state index in [9.17, 15) is 9.18 Å². The molecule has 0 fully saturated rings. The zero-order valence-electron chi connectivity index (χ0n) is 6.04. The van der Waals surface area contributed by atoms with Crippen LogP contribution in [0.25, 0.3) is 10.9 Å². The Balaban J connectivity index is 3.05. The number of nitrogens with zero attached hydrogens (tertiary/aromatic N) is 1. The molecular formula is C8H5FN2O. The van der Waals surface area contributed by atoms with Gasteiger partial charge in [-0.15, -0.1) is 0 Å². The molecule has 0 atom stereocenters. The summed E-state index contributed by atoms with van der Waals surface area (Å²) in [5.74, 6) is -0.509. The van der Waals surface area contributed by atoms with Crippen LogP contribution in [0.2, 0.25) is 0 Å². The fraction of sp³-hybridized carbons (Fsp3) is 0. The molecule has 0 spiro atoms. The monoisotopic (exact) mass is 164 g/mol. The van der Waals surface area contributed by atoms with E-state index >= 15 is 0 Å². The van der Waals surface area contributed by atoms with E-state index < -0.39 is 5.82 Å². The van der Waals surface area contributed by atoms with Gasteiger partial charge in [-0.25, -0.2) is 4.39 Å². The first-order valence-corrected chi connectivity index (χ1v) is 3.41. The van der Waals surface area contributed by atoms with Gasteiger partial charge in [0.25, 0.3) is 5.56 Å². The van der Waals surface area contributed by atoms with Crippen molar-refractivity contribution >= 4 is 10.9 Å². The fourth-order valence-corrected chi connectivity index (χ4v) is 1.05. The third-order valence-corrected chi connectivity index (χ3v) is 1.61. The summed E-state index contributed by atoms with van der Waals surface area (Å²) in [6.07, 6.45) is 2.46. The van der Waals surface area contributed by atoms with E-state index in [4.69, 9.17) is 0 Å². The molecule has 2 rings (SSSR count). The topological polar surface area (TPSA) is 45.8 Å². The Bertz CT molecular complexity index is 478.